The van der Waals surface area contributed by atoms with E-state index in [1.165, 1.54) is 0 Å². The van der Waals surface area contributed by atoms with Crippen molar-refractivity contribution in [1.82, 2.24) is 16.0 Å². The molecule has 0 bridgehead atoms. The number of benzene rings is 1. The third-order valence-corrected chi connectivity index (χ3v) is 6.03. The van der Waals surface area contributed by atoms with Crippen molar-refractivity contribution in [2.75, 3.05) is 13.1 Å². The number of carboxylic acid groups (broad SMARTS) is 1. The summed E-state index contributed by atoms with van der Waals surface area (Å²) in [7, 11) is 0. The number of hydrogen-bond acceptors (Lipinski definition) is 7. The molecule has 0 heterocycles. The van der Waals surface area contributed by atoms with Crippen molar-refractivity contribution in [2.24, 2.45) is 33.8 Å². The molecule has 0 aromatic heterocycles. The van der Waals surface area contributed by atoms with E-state index in [2.05, 4.69) is 20.9 Å². The van der Waals surface area contributed by atoms with Crippen molar-refractivity contribution in [3.63, 3.8) is 0 Å². The molecule has 12 N–H and O–H groups in total. The summed E-state index contributed by atoms with van der Waals surface area (Å²) in [6.45, 7) is 4.18. The number of hydrogen-bond donors (Lipinski definition) is 8. The molecule has 4 unspecified atom stereocenters. The summed E-state index contributed by atoms with van der Waals surface area (Å²) >= 11 is 0. The summed E-state index contributed by atoms with van der Waals surface area (Å²) < 4.78 is 0. The fourth-order valence-electron chi connectivity index (χ4n) is 3.79. The van der Waals surface area contributed by atoms with Gasteiger partial charge in [-0.25, -0.2) is 4.79 Å². The van der Waals surface area contributed by atoms with Crippen molar-refractivity contribution in [2.45, 2.75) is 76.5 Å². The molecule has 0 saturated carbocycles. The lowest BCUT2D eigenvalue weighted by Gasteiger charge is -2.27. The number of guanidine groups is 1. The van der Waals surface area contributed by atoms with Gasteiger partial charge >= 0.3 is 5.97 Å². The van der Waals surface area contributed by atoms with Gasteiger partial charge < -0.3 is 44.0 Å². The number of amides is 3. The highest BCUT2D eigenvalue weighted by Gasteiger charge is 2.32. The first-order valence-electron chi connectivity index (χ1n) is 13.1. The van der Waals surface area contributed by atoms with Crippen molar-refractivity contribution in [1.29, 1.82) is 0 Å². The van der Waals surface area contributed by atoms with Gasteiger partial charge in [0, 0.05) is 13.0 Å². The standard InChI is InChI=1S/C26H44N8O5/c1-16(2)21(24(37)32-19(25(38)39)12-6-7-13-27)34-23(36)20(15-17-9-4-3-5-10-17)33-22(35)18(28)11-8-14-31-26(29)30/h3-5,9-10,16,18-21H,6-8,11-15,27-28H2,1-2H3,(H,32,37)(H,33,35)(H,34,36)(H,38,39)(H4,29,30,31). The van der Waals surface area contributed by atoms with Crippen LogP contribution in [0.25, 0.3) is 0 Å². The summed E-state index contributed by atoms with van der Waals surface area (Å²) in [6.07, 6.45) is 2.28. The largest absolute Gasteiger partial charge is 0.480 e. The average Bonchev–Trinajstić information content (AvgIpc) is 2.88. The first kappa shape index (κ1) is 33.3. The predicted octanol–water partition coefficient (Wildman–Crippen LogP) is -1.07. The third kappa shape index (κ3) is 13.1. The highest BCUT2D eigenvalue weighted by molar-refractivity contribution is 5.94. The molecule has 13 nitrogen and oxygen atoms in total. The van der Waals surface area contributed by atoms with E-state index in [0.717, 1.165) is 5.56 Å². The normalized spacial score (nSPS) is 14.0. The van der Waals surface area contributed by atoms with Crippen LogP contribution < -0.4 is 38.9 Å². The van der Waals surface area contributed by atoms with Gasteiger partial charge in [0.05, 0.1) is 6.04 Å². The Morgan fingerprint density at radius 1 is 0.872 bits per heavy atom. The fourth-order valence-corrected chi connectivity index (χ4v) is 3.79. The highest BCUT2D eigenvalue weighted by atomic mass is 16.4. The number of carbonyl (C=O) groups is 4. The smallest absolute Gasteiger partial charge is 0.326 e. The minimum Gasteiger partial charge on any atom is -0.480 e. The molecule has 4 atom stereocenters. The van der Waals surface area contributed by atoms with Crippen LogP contribution in [-0.4, -0.2) is 72.0 Å². The van der Waals surface area contributed by atoms with Crippen LogP contribution in [-0.2, 0) is 25.6 Å². The van der Waals surface area contributed by atoms with Crippen molar-refractivity contribution >= 4 is 29.7 Å². The molecule has 13 heteroatoms. The van der Waals surface area contributed by atoms with E-state index < -0.39 is 47.9 Å². The molecular formula is C26H44N8O5. The molecule has 0 aliphatic carbocycles. The SMILES string of the molecule is CC(C)C(NC(=O)C(Cc1ccccc1)NC(=O)C(N)CCCN=C(N)N)C(=O)NC(CCCCN)C(=O)O. The Kier molecular flexibility index (Phi) is 15.2. The molecule has 39 heavy (non-hydrogen) atoms. The van der Waals surface area contributed by atoms with Gasteiger partial charge in [-0.1, -0.05) is 44.2 Å². The number of nitrogens with one attached hydrogen (secondary N) is 3. The van der Waals surface area contributed by atoms with E-state index >= 15 is 0 Å². The Balaban J connectivity index is 2.98. The van der Waals surface area contributed by atoms with Gasteiger partial charge in [-0.15, -0.1) is 0 Å². The maximum atomic E-state index is 13.4. The van der Waals surface area contributed by atoms with Crippen LogP contribution in [0, 0.1) is 5.92 Å². The lowest BCUT2D eigenvalue weighted by Crippen LogP contribution is -2.58. The van der Waals surface area contributed by atoms with E-state index in [-0.39, 0.29) is 24.7 Å². The van der Waals surface area contributed by atoms with Crippen LogP contribution in [0.15, 0.2) is 35.3 Å². The Bertz CT molecular complexity index is 953. The molecule has 0 spiro atoms. The number of unbranched alkanes of at least 4 members (excludes halogenated alkanes) is 1. The minimum absolute atomic E-state index is 0.0541. The van der Waals surface area contributed by atoms with Crippen molar-refractivity contribution < 1.29 is 24.3 Å². The molecule has 1 aromatic carbocycles. The summed E-state index contributed by atoms with van der Waals surface area (Å²) in [6, 6.07) is 4.99. The Labute approximate surface area is 229 Å². The number of carbonyl (C=O) groups excluding carboxylic acids is 3. The molecule has 0 saturated heterocycles. The van der Waals surface area contributed by atoms with E-state index in [9.17, 15) is 24.3 Å². The van der Waals surface area contributed by atoms with Gasteiger partial charge in [0.25, 0.3) is 0 Å². The Morgan fingerprint density at radius 3 is 2.08 bits per heavy atom. The van der Waals surface area contributed by atoms with Gasteiger partial charge in [-0.3, -0.25) is 19.4 Å². The van der Waals surface area contributed by atoms with Gasteiger partial charge in [-0.05, 0) is 50.1 Å². The maximum Gasteiger partial charge on any atom is 0.326 e. The Morgan fingerprint density at radius 2 is 1.51 bits per heavy atom. The molecule has 0 aliphatic rings. The number of nitrogens with zero attached hydrogens (tertiary/aromatic N) is 1. The lowest BCUT2D eigenvalue weighted by atomic mass is 10.00. The van der Waals surface area contributed by atoms with Crippen LogP contribution in [0.1, 0.15) is 51.5 Å². The first-order valence-corrected chi connectivity index (χ1v) is 13.1. The van der Waals surface area contributed by atoms with E-state index in [0.29, 0.717) is 38.8 Å². The Hall–Kier alpha value is -3.71. The molecule has 0 radical (unpaired) electrons. The van der Waals surface area contributed by atoms with Gasteiger partial charge in [-0.2, -0.15) is 0 Å². The zero-order chi connectivity index (χ0) is 29.4. The maximum absolute atomic E-state index is 13.4. The molecule has 218 valence electrons. The van der Waals surface area contributed by atoms with Crippen LogP contribution in [0.3, 0.4) is 0 Å². The van der Waals surface area contributed by atoms with Crippen molar-refractivity contribution in [3.05, 3.63) is 35.9 Å². The van der Waals surface area contributed by atoms with Gasteiger partial charge in [0.2, 0.25) is 17.7 Å². The van der Waals surface area contributed by atoms with Crippen LogP contribution in [0.5, 0.6) is 0 Å². The highest BCUT2D eigenvalue weighted by Crippen LogP contribution is 2.09. The molecule has 0 aliphatic heterocycles. The van der Waals surface area contributed by atoms with Gasteiger partial charge in [0.1, 0.15) is 18.1 Å². The van der Waals surface area contributed by atoms with E-state index in [4.69, 9.17) is 22.9 Å². The zero-order valence-corrected chi connectivity index (χ0v) is 22.8. The van der Waals surface area contributed by atoms with Crippen LogP contribution in [0.4, 0.5) is 0 Å². The van der Waals surface area contributed by atoms with E-state index in [1.807, 2.05) is 30.3 Å². The number of carboxylic acids is 1. The second-order valence-electron chi connectivity index (χ2n) is 9.72. The number of rotatable bonds is 18. The van der Waals surface area contributed by atoms with Gasteiger partial charge in [0.15, 0.2) is 5.96 Å². The second-order valence-corrected chi connectivity index (χ2v) is 9.72. The summed E-state index contributed by atoms with van der Waals surface area (Å²) in [4.78, 5) is 54.7. The molecular weight excluding hydrogens is 504 g/mol. The zero-order valence-electron chi connectivity index (χ0n) is 22.8. The number of nitrogens with two attached hydrogens (primary N) is 4. The molecule has 3 amide bonds. The number of aliphatic carboxylic acids is 1. The third-order valence-electron chi connectivity index (χ3n) is 6.03. The molecule has 1 rings (SSSR count). The average molecular weight is 549 g/mol. The minimum atomic E-state index is -1.17. The fraction of sp³-hybridized carbons (Fsp3) is 0.577. The topological polar surface area (TPSA) is 241 Å². The van der Waals surface area contributed by atoms with Crippen LogP contribution in [0.2, 0.25) is 0 Å². The van der Waals surface area contributed by atoms with E-state index in [1.54, 1.807) is 13.8 Å². The van der Waals surface area contributed by atoms with Crippen LogP contribution >= 0.6 is 0 Å². The van der Waals surface area contributed by atoms with Crippen molar-refractivity contribution in [3.8, 4) is 0 Å². The molecule has 0 fully saturated rings. The second kappa shape index (κ2) is 17.7. The first-order chi connectivity index (χ1) is 18.5. The summed E-state index contributed by atoms with van der Waals surface area (Å²) in [5.41, 5.74) is 22.9. The quantitative estimate of drug-likeness (QED) is 0.0632. The molecule has 1 aromatic rings. The lowest BCUT2D eigenvalue weighted by molar-refractivity contribution is -0.142. The summed E-state index contributed by atoms with van der Waals surface area (Å²) in [5.74, 6) is -3.34. The predicted molar refractivity (Wildman–Crippen MR) is 149 cm³/mol. The number of aliphatic imine (C=N–C) groups is 1. The summed E-state index contributed by atoms with van der Waals surface area (Å²) in [5, 5.41) is 17.4. The monoisotopic (exact) mass is 548 g/mol.